The number of aryl methyl sites for hydroxylation is 1. The third-order valence-corrected chi connectivity index (χ3v) is 5.06. The molecule has 2 aromatic rings. The van der Waals surface area contributed by atoms with Crippen LogP contribution in [0.15, 0.2) is 34.3 Å². The first kappa shape index (κ1) is 20.8. The molecule has 1 aromatic heterocycles. The van der Waals surface area contributed by atoms with Gasteiger partial charge in [-0.1, -0.05) is 18.5 Å². The van der Waals surface area contributed by atoms with Crippen molar-refractivity contribution in [2.45, 2.75) is 26.3 Å². The first-order valence-corrected chi connectivity index (χ1v) is 9.48. The second-order valence-corrected chi connectivity index (χ2v) is 7.04. The number of ketones is 1. The Morgan fingerprint density at radius 2 is 1.90 bits per heavy atom. The second-order valence-electron chi connectivity index (χ2n) is 6.63. The summed E-state index contributed by atoms with van der Waals surface area (Å²) < 4.78 is 16.2. The van der Waals surface area contributed by atoms with Gasteiger partial charge in [-0.05, 0) is 31.5 Å². The summed E-state index contributed by atoms with van der Waals surface area (Å²) in [5, 5.41) is 11.4. The maximum atomic E-state index is 12.9. The molecule has 1 saturated heterocycles. The number of likely N-dealkylation sites (tertiary alicyclic amines) is 1. The van der Waals surface area contributed by atoms with Gasteiger partial charge in [-0.25, -0.2) is 0 Å². The molecule has 1 fully saturated rings. The van der Waals surface area contributed by atoms with Crippen LogP contribution in [0.25, 0.3) is 5.76 Å². The molecule has 1 atom stereocenters. The zero-order valence-corrected chi connectivity index (χ0v) is 17.4. The van der Waals surface area contributed by atoms with Crippen molar-refractivity contribution in [3.63, 3.8) is 0 Å². The fourth-order valence-electron chi connectivity index (χ4n) is 3.44. The molecule has 7 nitrogen and oxygen atoms in total. The highest BCUT2D eigenvalue weighted by atomic mass is 35.5. The smallest absolute Gasteiger partial charge is 0.295 e. The van der Waals surface area contributed by atoms with E-state index in [1.54, 1.807) is 19.1 Å². The molecule has 0 bridgehead atoms. The van der Waals surface area contributed by atoms with Crippen LogP contribution in [0.2, 0.25) is 5.02 Å². The highest BCUT2D eigenvalue weighted by Crippen LogP contribution is 2.43. The molecular weight excluding hydrogens is 398 g/mol. The lowest BCUT2D eigenvalue weighted by Gasteiger charge is -2.23. The Bertz CT molecular complexity index is 993. The van der Waals surface area contributed by atoms with Gasteiger partial charge in [0.1, 0.15) is 34.8 Å². The standard InChI is InChI=1S/C21H22ClNO6/c1-5-8-23-18(14-7-6-11(2)29-14)17(20(25)21(23)26)19(24)12-9-16(28-4)13(22)10-15(12)27-3/h6-7,9-10,18,24H,5,8H2,1-4H3/b19-17+. The maximum Gasteiger partial charge on any atom is 0.295 e. The fraction of sp³-hybridized carbons (Fsp3) is 0.333. The zero-order chi connectivity index (χ0) is 21.3. The number of furan rings is 1. The van der Waals surface area contributed by atoms with E-state index in [2.05, 4.69) is 0 Å². The zero-order valence-electron chi connectivity index (χ0n) is 16.6. The third-order valence-electron chi connectivity index (χ3n) is 4.76. The Morgan fingerprint density at radius 3 is 2.45 bits per heavy atom. The van der Waals surface area contributed by atoms with Gasteiger partial charge >= 0.3 is 0 Å². The normalized spacial score (nSPS) is 18.4. The van der Waals surface area contributed by atoms with E-state index in [0.29, 0.717) is 30.2 Å². The van der Waals surface area contributed by atoms with E-state index in [1.807, 2.05) is 6.92 Å². The van der Waals surface area contributed by atoms with Gasteiger partial charge in [0.2, 0.25) is 0 Å². The van der Waals surface area contributed by atoms with Gasteiger partial charge in [-0.3, -0.25) is 9.59 Å². The van der Waals surface area contributed by atoms with Crippen LogP contribution in [0, 0.1) is 6.92 Å². The quantitative estimate of drug-likeness (QED) is 0.431. The highest BCUT2D eigenvalue weighted by Gasteiger charge is 2.47. The van der Waals surface area contributed by atoms with E-state index in [9.17, 15) is 14.7 Å². The van der Waals surface area contributed by atoms with Crippen LogP contribution in [0.1, 0.15) is 36.5 Å². The molecule has 1 unspecified atom stereocenters. The summed E-state index contributed by atoms with van der Waals surface area (Å²) in [5.74, 6) is -0.290. The number of halogens is 1. The van der Waals surface area contributed by atoms with Gasteiger partial charge < -0.3 is 23.9 Å². The monoisotopic (exact) mass is 419 g/mol. The Labute approximate surface area is 173 Å². The molecule has 1 N–H and O–H groups in total. The van der Waals surface area contributed by atoms with E-state index >= 15 is 0 Å². The van der Waals surface area contributed by atoms with Crippen LogP contribution in [0.3, 0.4) is 0 Å². The van der Waals surface area contributed by atoms with E-state index in [1.165, 1.54) is 31.3 Å². The molecular formula is C21H22ClNO6. The van der Waals surface area contributed by atoms with Gasteiger partial charge in [-0.15, -0.1) is 0 Å². The molecule has 0 aliphatic carbocycles. The molecule has 154 valence electrons. The summed E-state index contributed by atoms with van der Waals surface area (Å²) in [7, 11) is 2.85. The van der Waals surface area contributed by atoms with E-state index in [-0.39, 0.29) is 27.7 Å². The second kappa shape index (κ2) is 8.21. The van der Waals surface area contributed by atoms with E-state index in [4.69, 9.17) is 25.5 Å². The van der Waals surface area contributed by atoms with Gasteiger partial charge in [0.15, 0.2) is 0 Å². The van der Waals surface area contributed by atoms with Gasteiger partial charge in [0, 0.05) is 12.6 Å². The van der Waals surface area contributed by atoms with Crippen molar-refractivity contribution in [3.8, 4) is 11.5 Å². The van der Waals surface area contributed by atoms with Crippen LogP contribution < -0.4 is 9.47 Å². The average molecular weight is 420 g/mol. The largest absolute Gasteiger partial charge is 0.507 e. The summed E-state index contributed by atoms with van der Waals surface area (Å²) in [4.78, 5) is 27.0. The van der Waals surface area contributed by atoms with Crippen LogP contribution in [-0.4, -0.2) is 42.5 Å². The van der Waals surface area contributed by atoms with Crippen LogP contribution >= 0.6 is 11.6 Å². The number of carbonyl (C=O) groups excluding carboxylic acids is 2. The molecule has 29 heavy (non-hydrogen) atoms. The van der Waals surface area contributed by atoms with Crippen molar-refractivity contribution in [1.29, 1.82) is 0 Å². The fourth-order valence-corrected chi connectivity index (χ4v) is 3.67. The summed E-state index contributed by atoms with van der Waals surface area (Å²) in [6.07, 6.45) is 0.640. The number of methoxy groups -OCH3 is 2. The maximum absolute atomic E-state index is 12.9. The molecule has 2 heterocycles. The summed E-state index contributed by atoms with van der Waals surface area (Å²) in [5.41, 5.74) is 0.122. The SMILES string of the molecule is CCCN1C(=O)C(=O)/C(=C(/O)c2cc(OC)c(Cl)cc2OC)C1c1ccc(C)o1. The number of ether oxygens (including phenoxy) is 2. The molecule has 0 spiro atoms. The van der Waals surface area contributed by atoms with Gasteiger partial charge in [0.05, 0.1) is 30.4 Å². The summed E-state index contributed by atoms with van der Waals surface area (Å²) in [6, 6.07) is 5.54. The number of benzene rings is 1. The summed E-state index contributed by atoms with van der Waals surface area (Å²) in [6.45, 7) is 4.01. The van der Waals surface area contributed by atoms with E-state index in [0.717, 1.165) is 0 Å². The van der Waals surface area contributed by atoms with Crippen molar-refractivity contribution in [3.05, 3.63) is 51.9 Å². The lowest BCUT2D eigenvalue weighted by atomic mass is 9.98. The first-order chi connectivity index (χ1) is 13.8. The Hall–Kier alpha value is -2.93. The lowest BCUT2D eigenvalue weighted by Crippen LogP contribution is -2.30. The third kappa shape index (κ3) is 3.58. The van der Waals surface area contributed by atoms with Crippen molar-refractivity contribution in [2.24, 2.45) is 0 Å². The number of hydrogen-bond donors (Lipinski definition) is 1. The van der Waals surface area contributed by atoms with Crippen LogP contribution in [-0.2, 0) is 9.59 Å². The number of aliphatic hydroxyl groups excluding tert-OH is 1. The van der Waals surface area contributed by atoms with Crippen molar-refractivity contribution in [1.82, 2.24) is 4.90 Å². The van der Waals surface area contributed by atoms with Crippen molar-refractivity contribution >= 4 is 29.1 Å². The number of Topliss-reactive ketones (excluding diaryl/α,β-unsaturated/α-hetero) is 1. The number of nitrogens with zero attached hydrogens (tertiary/aromatic N) is 1. The minimum atomic E-state index is -0.838. The lowest BCUT2D eigenvalue weighted by molar-refractivity contribution is -0.140. The molecule has 0 radical (unpaired) electrons. The van der Waals surface area contributed by atoms with Crippen molar-refractivity contribution in [2.75, 3.05) is 20.8 Å². The Kier molecular flexibility index (Phi) is 5.88. The predicted molar refractivity (Wildman–Crippen MR) is 107 cm³/mol. The van der Waals surface area contributed by atoms with Crippen LogP contribution in [0.4, 0.5) is 0 Å². The molecule has 3 rings (SSSR count). The molecule has 1 aliphatic heterocycles. The number of amides is 1. The molecule has 1 amide bonds. The molecule has 0 saturated carbocycles. The minimum Gasteiger partial charge on any atom is -0.507 e. The predicted octanol–water partition coefficient (Wildman–Crippen LogP) is 4.09. The molecule has 1 aliphatic rings. The first-order valence-electron chi connectivity index (χ1n) is 9.10. The number of hydrogen-bond acceptors (Lipinski definition) is 6. The average Bonchev–Trinajstić information content (AvgIpc) is 3.23. The number of aliphatic hydroxyl groups is 1. The molecule has 8 heteroatoms. The highest BCUT2D eigenvalue weighted by molar-refractivity contribution is 6.46. The van der Waals surface area contributed by atoms with Crippen LogP contribution in [0.5, 0.6) is 11.5 Å². The molecule has 1 aromatic carbocycles. The number of rotatable bonds is 6. The van der Waals surface area contributed by atoms with Crippen molar-refractivity contribution < 1.29 is 28.6 Å². The Balaban J connectivity index is 2.26. The Morgan fingerprint density at radius 1 is 1.21 bits per heavy atom. The number of carbonyl (C=O) groups is 2. The van der Waals surface area contributed by atoms with Gasteiger partial charge in [0.25, 0.3) is 11.7 Å². The minimum absolute atomic E-state index is 0.0690. The topological polar surface area (TPSA) is 89.2 Å². The summed E-state index contributed by atoms with van der Waals surface area (Å²) >= 11 is 6.14. The van der Waals surface area contributed by atoms with Gasteiger partial charge in [-0.2, -0.15) is 0 Å². The van der Waals surface area contributed by atoms with E-state index < -0.39 is 17.7 Å².